The maximum atomic E-state index is 12.7. The third-order valence-corrected chi connectivity index (χ3v) is 5.09. The van der Waals surface area contributed by atoms with Crippen molar-refractivity contribution in [2.24, 2.45) is 0 Å². The van der Waals surface area contributed by atoms with E-state index in [0.717, 1.165) is 36.0 Å². The number of ether oxygens (including phenoxy) is 2. The molecule has 0 aliphatic carbocycles. The Morgan fingerprint density at radius 3 is 2.75 bits per heavy atom. The molecular weight excluding hydrogens is 306 g/mol. The molecule has 0 atom stereocenters. The van der Waals surface area contributed by atoms with Crippen LogP contribution < -0.4 is 0 Å². The number of hydrogen-bond donors (Lipinski definition) is 0. The Kier molecular flexibility index (Phi) is 4.02. The van der Waals surface area contributed by atoms with E-state index in [1.165, 1.54) is 0 Å². The molecule has 24 heavy (non-hydrogen) atoms. The molecule has 2 aliphatic heterocycles. The van der Waals surface area contributed by atoms with Crippen LogP contribution in [-0.2, 0) is 27.2 Å². The summed E-state index contributed by atoms with van der Waals surface area (Å²) in [6.07, 6.45) is 5.80. The highest BCUT2D eigenvalue weighted by Crippen LogP contribution is 2.31. The quantitative estimate of drug-likeness (QED) is 0.864. The average molecular weight is 329 g/mol. The number of carbonyl (C=O) groups excluding carboxylic acids is 1. The second kappa shape index (κ2) is 6.18. The van der Waals surface area contributed by atoms with Crippen LogP contribution in [0.25, 0.3) is 11.0 Å². The van der Waals surface area contributed by atoms with E-state index in [1.54, 1.807) is 6.20 Å². The molecule has 6 heteroatoms. The minimum Gasteiger partial charge on any atom is -0.347 e. The fraction of sp³-hybridized carbons (Fsp3) is 0.556. The van der Waals surface area contributed by atoms with Crippen LogP contribution >= 0.6 is 0 Å². The van der Waals surface area contributed by atoms with E-state index in [4.69, 9.17) is 9.47 Å². The molecule has 2 aromatic heterocycles. The standard InChI is InChI=1S/C18H23N3O3/c1-2-20-13-14(15-4-3-7-19-17(15)20)12-16(22)21-8-5-18(6-9-21)23-10-11-24-18/h3-4,7,13H,2,5-6,8-12H2,1H3. The molecule has 0 saturated carbocycles. The number of nitrogens with zero attached hydrogens (tertiary/aromatic N) is 3. The monoisotopic (exact) mass is 329 g/mol. The number of amides is 1. The summed E-state index contributed by atoms with van der Waals surface area (Å²) in [6.45, 7) is 5.66. The van der Waals surface area contributed by atoms with Crippen LogP contribution in [-0.4, -0.2) is 52.4 Å². The topological polar surface area (TPSA) is 56.6 Å². The van der Waals surface area contributed by atoms with E-state index >= 15 is 0 Å². The SMILES string of the molecule is CCn1cc(CC(=O)N2CCC3(CC2)OCCO3)c2cccnc21. The molecule has 0 aromatic carbocycles. The number of pyridine rings is 1. The summed E-state index contributed by atoms with van der Waals surface area (Å²) in [5, 5.41) is 1.07. The van der Waals surface area contributed by atoms with E-state index in [0.29, 0.717) is 32.7 Å². The Morgan fingerprint density at radius 2 is 2.04 bits per heavy atom. The molecule has 6 nitrogen and oxygen atoms in total. The first-order valence-electron chi connectivity index (χ1n) is 8.69. The minimum absolute atomic E-state index is 0.168. The Bertz CT molecular complexity index is 739. The van der Waals surface area contributed by atoms with Gasteiger partial charge in [-0.1, -0.05) is 0 Å². The third kappa shape index (κ3) is 2.70. The van der Waals surface area contributed by atoms with Gasteiger partial charge in [-0.25, -0.2) is 4.98 Å². The summed E-state index contributed by atoms with van der Waals surface area (Å²) in [6, 6.07) is 3.97. The number of carbonyl (C=O) groups is 1. The highest BCUT2D eigenvalue weighted by atomic mass is 16.7. The van der Waals surface area contributed by atoms with Gasteiger partial charge in [0.15, 0.2) is 5.79 Å². The van der Waals surface area contributed by atoms with Crippen molar-refractivity contribution >= 4 is 16.9 Å². The van der Waals surface area contributed by atoms with Gasteiger partial charge in [-0.3, -0.25) is 4.79 Å². The number of likely N-dealkylation sites (tertiary alicyclic amines) is 1. The van der Waals surface area contributed by atoms with Crippen molar-refractivity contribution in [3.63, 3.8) is 0 Å². The Hall–Kier alpha value is -1.92. The van der Waals surface area contributed by atoms with Crippen molar-refractivity contribution in [2.45, 2.75) is 38.5 Å². The molecule has 1 spiro atoms. The fourth-order valence-corrected chi connectivity index (χ4v) is 3.73. The molecule has 128 valence electrons. The van der Waals surface area contributed by atoms with Crippen molar-refractivity contribution in [2.75, 3.05) is 26.3 Å². The zero-order valence-corrected chi connectivity index (χ0v) is 14.0. The zero-order valence-electron chi connectivity index (χ0n) is 14.0. The maximum absolute atomic E-state index is 12.7. The van der Waals surface area contributed by atoms with Gasteiger partial charge in [0, 0.05) is 50.3 Å². The van der Waals surface area contributed by atoms with Crippen molar-refractivity contribution in [1.29, 1.82) is 0 Å². The van der Waals surface area contributed by atoms with Crippen molar-refractivity contribution < 1.29 is 14.3 Å². The number of hydrogen-bond acceptors (Lipinski definition) is 4. The van der Waals surface area contributed by atoms with E-state index in [1.807, 2.05) is 17.0 Å². The molecule has 1 amide bonds. The first-order chi connectivity index (χ1) is 11.7. The van der Waals surface area contributed by atoms with Gasteiger partial charge in [0.05, 0.1) is 19.6 Å². The van der Waals surface area contributed by atoms with Crippen LogP contribution in [0.3, 0.4) is 0 Å². The van der Waals surface area contributed by atoms with Crippen molar-refractivity contribution in [3.8, 4) is 0 Å². The summed E-state index contributed by atoms with van der Waals surface area (Å²) in [7, 11) is 0. The molecule has 2 saturated heterocycles. The summed E-state index contributed by atoms with van der Waals surface area (Å²) in [5.74, 6) is -0.263. The lowest BCUT2D eigenvalue weighted by Crippen LogP contribution is -2.47. The maximum Gasteiger partial charge on any atom is 0.227 e. The first kappa shape index (κ1) is 15.6. The van der Waals surface area contributed by atoms with Crippen LogP contribution in [0.5, 0.6) is 0 Å². The van der Waals surface area contributed by atoms with Crippen molar-refractivity contribution in [3.05, 3.63) is 30.1 Å². The zero-order chi connectivity index (χ0) is 16.6. The van der Waals surface area contributed by atoms with Gasteiger partial charge in [-0.05, 0) is 24.6 Å². The summed E-state index contributed by atoms with van der Waals surface area (Å²) in [5.41, 5.74) is 2.01. The lowest BCUT2D eigenvalue weighted by molar-refractivity contribution is -0.187. The molecule has 4 rings (SSSR count). The average Bonchev–Trinajstić information content (AvgIpc) is 3.21. The van der Waals surface area contributed by atoms with E-state index in [-0.39, 0.29) is 5.91 Å². The molecule has 0 bridgehead atoms. The molecular formula is C18H23N3O3. The molecule has 0 unspecified atom stereocenters. The second-order valence-corrected chi connectivity index (χ2v) is 6.48. The smallest absolute Gasteiger partial charge is 0.227 e. The van der Waals surface area contributed by atoms with Gasteiger partial charge in [-0.2, -0.15) is 0 Å². The largest absolute Gasteiger partial charge is 0.347 e. The van der Waals surface area contributed by atoms with Gasteiger partial charge in [0.2, 0.25) is 5.91 Å². The number of aryl methyl sites for hydroxylation is 1. The van der Waals surface area contributed by atoms with E-state index in [2.05, 4.69) is 22.7 Å². The van der Waals surface area contributed by atoms with Crippen LogP contribution in [0.2, 0.25) is 0 Å². The highest BCUT2D eigenvalue weighted by Gasteiger charge is 2.40. The summed E-state index contributed by atoms with van der Waals surface area (Å²) in [4.78, 5) is 19.1. The van der Waals surface area contributed by atoms with Gasteiger partial charge in [-0.15, -0.1) is 0 Å². The van der Waals surface area contributed by atoms with E-state index in [9.17, 15) is 4.79 Å². The number of rotatable bonds is 3. The fourth-order valence-electron chi connectivity index (χ4n) is 3.73. The predicted molar refractivity (Wildman–Crippen MR) is 89.6 cm³/mol. The number of aromatic nitrogens is 2. The Balaban J connectivity index is 1.47. The molecule has 2 aliphatic rings. The third-order valence-electron chi connectivity index (χ3n) is 5.09. The molecule has 0 radical (unpaired) electrons. The Morgan fingerprint density at radius 1 is 1.29 bits per heavy atom. The van der Waals surface area contributed by atoms with Crippen LogP contribution in [0.4, 0.5) is 0 Å². The molecule has 2 fully saturated rings. The second-order valence-electron chi connectivity index (χ2n) is 6.48. The van der Waals surface area contributed by atoms with Gasteiger partial charge in [0.25, 0.3) is 0 Å². The van der Waals surface area contributed by atoms with Gasteiger partial charge >= 0.3 is 0 Å². The van der Waals surface area contributed by atoms with Crippen LogP contribution in [0, 0.1) is 0 Å². The molecule has 0 N–H and O–H groups in total. The summed E-state index contributed by atoms with van der Waals surface area (Å²) < 4.78 is 13.6. The lowest BCUT2D eigenvalue weighted by atomic mass is 10.0. The van der Waals surface area contributed by atoms with Gasteiger partial charge in [0.1, 0.15) is 5.65 Å². The normalized spacial score (nSPS) is 20.1. The van der Waals surface area contributed by atoms with Crippen LogP contribution in [0.15, 0.2) is 24.5 Å². The van der Waals surface area contributed by atoms with Crippen molar-refractivity contribution in [1.82, 2.24) is 14.5 Å². The van der Waals surface area contributed by atoms with E-state index < -0.39 is 5.79 Å². The van der Waals surface area contributed by atoms with Crippen LogP contribution in [0.1, 0.15) is 25.3 Å². The number of piperidine rings is 1. The van der Waals surface area contributed by atoms with Gasteiger partial charge < -0.3 is 18.9 Å². The Labute approximate surface area is 141 Å². The number of fused-ring (bicyclic) bond motifs is 1. The minimum atomic E-state index is -0.432. The lowest BCUT2D eigenvalue weighted by Gasteiger charge is -2.37. The highest BCUT2D eigenvalue weighted by molar-refractivity contribution is 5.87. The molecule has 4 heterocycles. The first-order valence-corrected chi connectivity index (χ1v) is 8.69. The summed E-state index contributed by atoms with van der Waals surface area (Å²) >= 11 is 0. The molecule has 2 aromatic rings. The predicted octanol–water partition coefficient (Wildman–Crippen LogP) is 1.96.